The summed E-state index contributed by atoms with van der Waals surface area (Å²) in [7, 11) is 0. The highest BCUT2D eigenvalue weighted by atomic mass is 32.2. The van der Waals surface area contributed by atoms with E-state index < -0.39 is 0 Å². The van der Waals surface area contributed by atoms with E-state index in [1.807, 2.05) is 48.7 Å². The molecule has 1 saturated carbocycles. The number of amides is 2. The first kappa shape index (κ1) is 24.5. The second-order valence-electron chi connectivity index (χ2n) is 8.76. The highest BCUT2D eigenvalue weighted by molar-refractivity contribution is 8.00. The maximum absolute atomic E-state index is 13.0. The molecule has 0 bridgehead atoms. The van der Waals surface area contributed by atoms with Crippen molar-refractivity contribution in [1.29, 1.82) is 0 Å². The lowest BCUT2D eigenvalue weighted by Crippen LogP contribution is -2.25. The van der Waals surface area contributed by atoms with Gasteiger partial charge in [0.05, 0.1) is 10.9 Å². The zero-order valence-electron chi connectivity index (χ0n) is 19.7. The van der Waals surface area contributed by atoms with E-state index in [-0.39, 0.29) is 23.0 Å². The average molecular weight is 494 g/mol. The fraction of sp³-hybridized carbons (Fsp3) is 0.370. The molecule has 4 rings (SSSR count). The normalized spacial score (nSPS) is 15.0. The molecule has 1 aliphatic rings. The highest BCUT2D eigenvalue weighted by Crippen LogP contribution is 2.31. The minimum atomic E-state index is -0.254. The number of thioether (sulfide) groups is 1. The number of hydrogen-bond acceptors (Lipinski definition) is 5. The first-order valence-corrected chi connectivity index (χ1v) is 13.7. The molecule has 2 aromatic carbocycles. The minimum Gasteiger partial charge on any atom is -0.326 e. The molecule has 1 atom stereocenters. The van der Waals surface area contributed by atoms with Gasteiger partial charge in [-0.3, -0.25) is 9.59 Å². The van der Waals surface area contributed by atoms with Gasteiger partial charge in [0.1, 0.15) is 0 Å². The summed E-state index contributed by atoms with van der Waals surface area (Å²) in [6, 6.07) is 16.0. The van der Waals surface area contributed by atoms with E-state index in [9.17, 15) is 9.59 Å². The molecule has 0 aliphatic heterocycles. The largest absolute Gasteiger partial charge is 0.326 e. The molecule has 1 heterocycles. The number of nitrogens with zero attached hydrogens (tertiary/aromatic N) is 1. The van der Waals surface area contributed by atoms with Crippen LogP contribution in [0.1, 0.15) is 51.0 Å². The molecular weight excluding hydrogens is 462 g/mol. The molecule has 0 radical (unpaired) electrons. The predicted molar refractivity (Wildman–Crippen MR) is 142 cm³/mol. The summed E-state index contributed by atoms with van der Waals surface area (Å²) >= 11 is 2.95. The van der Waals surface area contributed by atoms with E-state index in [1.165, 1.54) is 35.1 Å². The Hall–Kier alpha value is -2.64. The van der Waals surface area contributed by atoms with Crippen molar-refractivity contribution in [2.45, 2.75) is 62.5 Å². The molecule has 3 aromatic rings. The SMILES string of the molecule is CCC(Sc1cccc(NC(=O)C2CCCCC2)c1)C(=O)Nc1nc(-c2ccc(C)cc2)cs1. The molecule has 7 heteroatoms. The molecule has 2 N–H and O–H groups in total. The summed E-state index contributed by atoms with van der Waals surface area (Å²) in [4.78, 5) is 31.1. The first-order valence-electron chi connectivity index (χ1n) is 11.9. The number of benzene rings is 2. The Morgan fingerprint density at radius 3 is 2.59 bits per heavy atom. The maximum Gasteiger partial charge on any atom is 0.239 e. The van der Waals surface area contributed by atoms with Gasteiger partial charge in [0.15, 0.2) is 5.13 Å². The zero-order valence-corrected chi connectivity index (χ0v) is 21.3. The predicted octanol–water partition coefficient (Wildman–Crippen LogP) is 7.15. The van der Waals surface area contributed by atoms with Crippen LogP contribution in [0.15, 0.2) is 58.8 Å². The molecule has 178 valence electrons. The van der Waals surface area contributed by atoms with Crippen molar-refractivity contribution < 1.29 is 9.59 Å². The number of aromatic nitrogens is 1. The Morgan fingerprint density at radius 1 is 1.09 bits per heavy atom. The van der Waals surface area contributed by atoms with Gasteiger partial charge in [0.25, 0.3) is 0 Å². The summed E-state index contributed by atoms with van der Waals surface area (Å²) < 4.78 is 0. The lowest BCUT2D eigenvalue weighted by Gasteiger charge is -2.21. The number of nitrogens with one attached hydrogen (secondary N) is 2. The Labute approximate surface area is 209 Å². The Bertz CT molecular complexity index is 1120. The van der Waals surface area contributed by atoms with Gasteiger partial charge >= 0.3 is 0 Å². The van der Waals surface area contributed by atoms with Gasteiger partial charge in [0.2, 0.25) is 11.8 Å². The fourth-order valence-electron chi connectivity index (χ4n) is 4.12. The first-order chi connectivity index (χ1) is 16.5. The molecule has 5 nitrogen and oxygen atoms in total. The summed E-state index contributed by atoms with van der Waals surface area (Å²) in [6.45, 7) is 4.06. The number of anilines is 2. The standard InChI is InChI=1S/C27H31N3O2S2/c1-3-24(26(32)30-27-29-23(17-33-27)19-14-12-18(2)13-15-19)34-22-11-7-10-21(16-22)28-25(31)20-8-5-4-6-9-20/h7,10-17,20,24H,3-6,8-9H2,1-2H3,(H,28,31)(H,29,30,32). The van der Waals surface area contributed by atoms with E-state index in [4.69, 9.17) is 0 Å². The molecule has 0 spiro atoms. The quantitative estimate of drug-likeness (QED) is 0.327. The number of rotatable bonds is 8. The van der Waals surface area contributed by atoms with Crippen molar-refractivity contribution in [2.24, 2.45) is 5.92 Å². The van der Waals surface area contributed by atoms with Crippen LogP contribution in [0, 0.1) is 12.8 Å². The number of thiazole rings is 1. The summed E-state index contributed by atoms with van der Waals surface area (Å²) in [5.74, 6) is 0.163. The molecule has 0 saturated heterocycles. The fourth-order valence-corrected chi connectivity index (χ4v) is 5.85. The Kier molecular flexibility index (Phi) is 8.40. The zero-order chi connectivity index (χ0) is 23.9. The van der Waals surface area contributed by atoms with Gasteiger partial charge in [-0.1, -0.05) is 62.1 Å². The molecule has 1 unspecified atom stereocenters. The van der Waals surface area contributed by atoms with Crippen LogP contribution < -0.4 is 10.6 Å². The van der Waals surface area contributed by atoms with Crippen molar-refractivity contribution >= 4 is 45.7 Å². The third kappa shape index (κ3) is 6.48. The Balaban J connectivity index is 1.36. The molecule has 34 heavy (non-hydrogen) atoms. The molecule has 1 aliphatic carbocycles. The monoisotopic (exact) mass is 493 g/mol. The van der Waals surface area contributed by atoms with Gasteiger partial charge in [0, 0.05) is 27.4 Å². The second-order valence-corrected chi connectivity index (χ2v) is 10.9. The van der Waals surface area contributed by atoms with Crippen LogP contribution in [-0.2, 0) is 9.59 Å². The molecule has 2 amide bonds. The van der Waals surface area contributed by atoms with Crippen molar-refractivity contribution in [3.05, 3.63) is 59.5 Å². The van der Waals surface area contributed by atoms with E-state index in [0.29, 0.717) is 11.6 Å². The van der Waals surface area contributed by atoms with Crippen molar-refractivity contribution in [2.75, 3.05) is 10.6 Å². The number of hydrogen-bond donors (Lipinski definition) is 2. The summed E-state index contributed by atoms with van der Waals surface area (Å²) in [6.07, 6.45) is 6.12. The van der Waals surface area contributed by atoms with Crippen LogP contribution in [0.2, 0.25) is 0 Å². The van der Waals surface area contributed by atoms with Crippen LogP contribution >= 0.6 is 23.1 Å². The number of aryl methyl sites for hydroxylation is 1. The molecule has 1 aromatic heterocycles. The lowest BCUT2D eigenvalue weighted by atomic mass is 9.88. The van der Waals surface area contributed by atoms with Gasteiger partial charge < -0.3 is 10.6 Å². The van der Waals surface area contributed by atoms with Gasteiger partial charge in [-0.15, -0.1) is 23.1 Å². The third-order valence-corrected chi connectivity index (χ3v) is 8.22. The second kappa shape index (κ2) is 11.7. The van der Waals surface area contributed by atoms with E-state index >= 15 is 0 Å². The van der Waals surface area contributed by atoms with Crippen molar-refractivity contribution in [3.8, 4) is 11.3 Å². The smallest absolute Gasteiger partial charge is 0.239 e. The lowest BCUT2D eigenvalue weighted by molar-refractivity contribution is -0.120. The van der Waals surface area contributed by atoms with Gasteiger partial charge in [-0.2, -0.15) is 0 Å². The number of carbonyl (C=O) groups excluding carboxylic acids is 2. The van der Waals surface area contributed by atoms with Crippen LogP contribution in [0.4, 0.5) is 10.8 Å². The van der Waals surface area contributed by atoms with E-state index in [2.05, 4.69) is 34.7 Å². The molecular formula is C27H31N3O2S2. The maximum atomic E-state index is 13.0. The highest BCUT2D eigenvalue weighted by Gasteiger charge is 2.22. The van der Waals surface area contributed by atoms with E-state index in [0.717, 1.165) is 47.5 Å². The summed E-state index contributed by atoms with van der Waals surface area (Å²) in [5, 5.41) is 8.37. The van der Waals surface area contributed by atoms with Crippen molar-refractivity contribution in [3.63, 3.8) is 0 Å². The van der Waals surface area contributed by atoms with E-state index in [1.54, 1.807) is 0 Å². The van der Waals surface area contributed by atoms with Gasteiger partial charge in [-0.05, 0) is 44.4 Å². The van der Waals surface area contributed by atoms with Crippen LogP contribution in [0.25, 0.3) is 11.3 Å². The van der Waals surface area contributed by atoms with Crippen LogP contribution in [-0.4, -0.2) is 22.0 Å². The topological polar surface area (TPSA) is 71.1 Å². The van der Waals surface area contributed by atoms with Crippen molar-refractivity contribution in [1.82, 2.24) is 4.98 Å². The summed E-state index contributed by atoms with van der Waals surface area (Å²) in [5.41, 5.74) is 3.89. The average Bonchev–Trinajstić information content (AvgIpc) is 3.32. The minimum absolute atomic E-state index is 0.0612. The van der Waals surface area contributed by atoms with Gasteiger partial charge in [-0.25, -0.2) is 4.98 Å². The number of carbonyl (C=O) groups is 2. The molecule has 1 fully saturated rings. The van der Waals surface area contributed by atoms with Crippen LogP contribution in [0.3, 0.4) is 0 Å². The van der Waals surface area contributed by atoms with Crippen LogP contribution in [0.5, 0.6) is 0 Å². The Morgan fingerprint density at radius 2 is 1.85 bits per heavy atom. The third-order valence-electron chi connectivity index (χ3n) is 6.10.